The van der Waals surface area contributed by atoms with Crippen LogP contribution in [0.15, 0.2) is 0 Å². The minimum absolute atomic E-state index is 0.521. The van der Waals surface area contributed by atoms with Crippen LogP contribution in [0.5, 0.6) is 0 Å². The molecule has 0 saturated heterocycles. The molecule has 0 nitrogen and oxygen atoms in total. The summed E-state index contributed by atoms with van der Waals surface area (Å²) in [7, 11) is 0. The molecule has 188 valence electrons. The SMILES string of the molecule is CCCC(F)(F)C(F)(F)C(F)(F)C(F)(F)C(F)(F)C(F)(F)C(F)(C(F)(F)F)C(F)(F)F. The Hall–Kier alpha value is -1.33. The molecule has 0 rings (SSSR count). The zero-order valence-corrected chi connectivity index (χ0v) is 14.1. The van der Waals surface area contributed by atoms with Gasteiger partial charge in [-0.1, -0.05) is 13.3 Å². The molecule has 0 heterocycles. The van der Waals surface area contributed by atoms with E-state index in [9.17, 15) is 83.4 Å². The number of hydrogen-bond donors (Lipinski definition) is 0. The first kappa shape index (κ1) is 29.7. The van der Waals surface area contributed by atoms with Crippen molar-refractivity contribution in [3.8, 4) is 0 Å². The van der Waals surface area contributed by atoms with Gasteiger partial charge in [-0.2, -0.15) is 79.0 Å². The van der Waals surface area contributed by atoms with Crippen LogP contribution in [0.2, 0.25) is 0 Å². The van der Waals surface area contributed by atoms with Crippen LogP contribution >= 0.6 is 0 Å². The summed E-state index contributed by atoms with van der Waals surface area (Å²) in [6.45, 7) is 0.521. The van der Waals surface area contributed by atoms with E-state index < -0.39 is 66.4 Å². The molecule has 0 atom stereocenters. The van der Waals surface area contributed by atoms with Gasteiger partial charge in [0.1, 0.15) is 0 Å². The molecule has 0 aromatic heterocycles. The number of halogens is 19. The lowest BCUT2D eigenvalue weighted by molar-refractivity contribution is -0.472. The Bertz CT molecular complexity index is 621. The van der Waals surface area contributed by atoms with E-state index in [1.54, 1.807) is 0 Å². The lowest BCUT2D eigenvalue weighted by Gasteiger charge is -2.45. The molecule has 0 fully saturated rings. The van der Waals surface area contributed by atoms with Gasteiger partial charge < -0.3 is 0 Å². The Morgan fingerprint density at radius 1 is 0.387 bits per heavy atom. The van der Waals surface area contributed by atoms with E-state index in [1.807, 2.05) is 0 Å². The summed E-state index contributed by atoms with van der Waals surface area (Å²) in [5.41, 5.74) is -8.70. The van der Waals surface area contributed by atoms with Crippen LogP contribution in [0.4, 0.5) is 83.4 Å². The van der Waals surface area contributed by atoms with Crippen molar-refractivity contribution in [2.75, 3.05) is 0 Å². The highest BCUT2D eigenvalue weighted by Gasteiger charge is 2.98. The van der Waals surface area contributed by atoms with Gasteiger partial charge in [0.15, 0.2) is 0 Å². The number of rotatable bonds is 8. The minimum atomic E-state index is -8.96. The van der Waals surface area contributed by atoms with Gasteiger partial charge in [-0.25, -0.2) is 4.39 Å². The van der Waals surface area contributed by atoms with E-state index in [1.165, 1.54) is 0 Å². The van der Waals surface area contributed by atoms with Gasteiger partial charge in [-0.15, -0.1) is 0 Å². The first-order valence-electron chi connectivity index (χ1n) is 7.15. The third kappa shape index (κ3) is 3.66. The molecule has 0 N–H and O–H groups in total. The predicted octanol–water partition coefficient (Wildman–Crippen LogP) is 7.43. The molecular weight excluding hydrogens is 505 g/mol. The highest BCUT2D eigenvalue weighted by Crippen LogP contribution is 2.66. The average Bonchev–Trinajstić information content (AvgIpc) is 2.50. The minimum Gasteiger partial charge on any atom is -0.216 e. The van der Waals surface area contributed by atoms with Crippen LogP contribution in [0.1, 0.15) is 19.8 Å². The normalized spacial score (nSPS) is 16.6. The molecule has 0 saturated carbocycles. The molecule has 0 aliphatic carbocycles. The van der Waals surface area contributed by atoms with Crippen molar-refractivity contribution >= 4 is 0 Å². The van der Waals surface area contributed by atoms with Crippen molar-refractivity contribution < 1.29 is 83.4 Å². The third-order valence-corrected chi connectivity index (χ3v) is 3.81. The van der Waals surface area contributed by atoms with Crippen molar-refractivity contribution in [1.82, 2.24) is 0 Å². The van der Waals surface area contributed by atoms with E-state index in [0.29, 0.717) is 6.92 Å². The molecule has 0 amide bonds. The third-order valence-electron chi connectivity index (χ3n) is 3.81. The zero-order chi connectivity index (χ0) is 25.9. The van der Waals surface area contributed by atoms with Crippen LogP contribution in [-0.4, -0.2) is 53.6 Å². The van der Waals surface area contributed by atoms with Crippen LogP contribution in [-0.2, 0) is 0 Å². The van der Waals surface area contributed by atoms with Crippen molar-refractivity contribution in [3.63, 3.8) is 0 Å². The largest absolute Gasteiger partial charge is 0.438 e. The second-order valence-electron chi connectivity index (χ2n) is 5.98. The molecule has 0 aromatic rings. The number of alkyl halides is 19. The van der Waals surface area contributed by atoms with E-state index in [0.717, 1.165) is 0 Å². The fourth-order valence-electron chi connectivity index (χ4n) is 2.03. The molecule has 0 aliphatic rings. The Kier molecular flexibility index (Phi) is 7.03. The Morgan fingerprint density at radius 3 is 0.903 bits per heavy atom. The van der Waals surface area contributed by atoms with E-state index in [4.69, 9.17) is 0 Å². The van der Waals surface area contributed by atoms with E-state index in [-0.39, 0.29) is 0 Å². The molecule has 0 bridgehead atoms. The summed E-state index contributed by atoms with van der Waals surface area (Å²) in [5, 5.41) is 0. The van der Waals surface area contributed by atoms with E-state index >= 15 is 0 Å². The maximum atomic E-state index is 13.4. The van der Waals surface area contributed by atoms with Crippen molar-refractivity contribution in [2.45, 2.75) is 73.3 Å². The molecular formula is C12H7F19. The summed E-state index contributed by atoms with van der Waals surface area (Å²) in [6.07, 6.45) is -20.3. The van der Waals surface area contributed by atoms with Gasteiger partial charge in [0.25, 0.3) is 0 Å². The van der Waals surface area contributed by atoms with Gasteiger partial charge in [0.2, 0.25) is 0 Å². The summed E-state index contributed by atoms with van der Waals surface area (Å²) >= 11 is 0. The van der Waals surface area contributed by atoms with Gasteiger partial charge in [-0.3, -0.25) is 0 Å². The lowest BCUT2D eigenvalue weighted by Crippen LogP contribution is -2.77. The van der Waals surface area contributed by atoms with Crippen molar-refractivity contribution in [2.24, 2.45) is 0 Å². The molecule has 0 radical (unpaired) electrons. The molecule has 0 spiro atoms. The van der Waals surface area contributed by atoms with Gasteiger partial charge in [0.05, 0.1) is 0 Å². The van der Waals surface area contributed by atoms with Crippen LogP contribution in [0.25, 0.3) is 0 Å². The summed E-state index contributed by atoms with van der Waals surface area (Å²) in [4.78, 5) is 0. The summed E-state index contributed by atoms with van der Waals surface area (Å²) < 4.78 is 246. The smallest absolute Gasteiger partial charge is 0.216 e. The highest BCUT2D eigenvalue weighted by molar-refractivity contribution is 5.19. The lowest BCUT2D eigenvalue weighted by atomic mass is 9.83. The standard InChI is InChI=1S/C12H7F19/c1-2-3-4(13,14)6(16,17)8(20,21)10(24,25)9(22,23)7(18,19)5(15,11(26,27)28)12(29,30)31/h2-3H2,1H3. The first-order chi connectivity index (χ1) is 13.1. The second kappa shape index (κ2) is 7.34. The van der Waals surface area contributed by atoms with Gasteiger partial charge in [-0.05, 0) is 0 Å². The second-order valence-corrected chi connectivity index (χ2v) is 5.98. The average molecular weight is 512 g/mol. The monoisotopic (exact) mass is 512 g/mol. The van der Waals surface area contributed by atoms with Crippen LogP contribution in [0, 0.1) is 0 Å². The Balaban J connectivity index is 7.03. The van der Waals surface area contributed by atoms with Gasteiger partial charge in [0, 0.05) is 6.42 Å². The molecule has 0 aromatic carbocycles. The first-order valence-corrected chi connectivity index (χ1v) is 7.15. The fraction of sp³-hybridized carbons (Fsp3) is 1.00. The topological polar surface area (TPSA) is 0 Å². The molecule has 0 aliphatic heterocycles. The van der Waals surface area contributed by atoms with Crippen molar-refractivity contribution in [3.05, 3.63) is 0 Å². The highest BCUT2D eigenvalue weighted by atomic mass is 19.4. The Morgan fingerprint density at radius 2 is 0.645 bits per heavy atom. The molecule has 0 unspecified atom stereocenters. The maximum absolute atomic E-state index is 13.4. The Labute approximate surface area is 158 Å². The summed E-state index contributed by atoms with van der Waals surface area (Å²) in [5.74, 6) is -49.2. The van der Waals surface area contributed by atoms with Crippen LogP contribution in [0.3, 0.4) is 0 Å². The zero-order valence-electron chi connectivity index (χ0n) is 14.1. The quantitative estimate of drug-likeness (QED) is 0.297. The van der Waals surface area contributed by atoms with E-state index in [2.05, 4.69) is 0 Å². The number of hydrogen-bond acceptors (Lipinski definition) is 0. The van der Waals surface area contributed by atoms with Gasteiger partial charge >= 0.3 is 53.6 Å². The molecule has 31 heavy (non-hydrogen) atoms. The fourth-order valence-corrected chi connectivity index (χ4v) is 2.03. The molecule has 19 heteroatoms. The predicted molar refractivity (Wildman–Crippen MR) is 60.5 cm³/mol. The summed E-state index contributed by atoms with van der Waals surface area (Å²) in [6, 6.07) is 0. The van der Waals surface area contributed by atoms with Crippen LogP contribution < -0.4 is 0 Å². The van der Waals surface area contributed by atoms with Crippen molar-refractivity contribution in [1.29, 1.82) is 0 Å². The maximum Gasteiger partial charge on any atom is 0.438 e.